The lowest BCUT2D eigenvalue weighted by atomic mass is 10.0. The largest absolute Gasteiger partial charge is 0.359 e. The fraction of sp³-hybridized carbons (Fsp3) is 0.185. The number of aromatic amines is 1. The third-order valence-electron chi connectivity index (χ3n) is 6.71. The number of para-hydroxylation sites is 1. The summed E-state index contributed by atoms with van der Waals surface area (Å²) >= 11 is 0. The van der Waals surface area contributed by atoms with E-state index in [1.165, 1.54) is 0 Å². The van der Waals surface area contributed by atoms with Gasteiger partial charge in [-0.25, -0.2) is 9.97 Å². The molecule has 174 valence electrons. The summed E-state index contributed by atoms with van der Waals surface area (Å²) in [5, 5.41) is 8.65. The second kappa shape index (κ2) is 7.80. The fourth-order valence-electron chi connectivity index (χ4n) is 4.81. The summed E-state index contributed by atoms with van der Waals surface area (Å²) in [5.41, 5.74) is 8.44. The number of aryl methyl sites for hydroxylation is 4. The van der Waals surface area contributed by atoms with Crippen LogP contribution in [0.3, 0.4) is 0 Å². The van der Waals surface area contributed by atoms with Crippen molar-refractivity contribution in [2.45, 2.75) is 27.3 Å². The third kappa shape index (κ3) is 3.37. The van der Waals surface area contributed by atoms with E-state index in [0.717, 1.165) is 55.8 Å². The number of anilines is 3. The van der Waals surface area contributed by atoms with E-state index in [0.29, 0.717) is 18.3 Å². The highest BCUT2D eigenvalue weighted by molar-refractivity contribution is 6.15. The zero-order chi connectivity index (χ0) is 24.3. The van der Waals surface area contributed by atoms with Gasteiger partial charge in [-0.15, -0.1) is 0 Å². The van der Waals surface area contributed by atoms with Crippen molar-refractivity contribution in [3.63, 3.8) is 0 Å². The first kappa shape index (κ1) is 21.1. The van der Waals surface area contributed by atoms with Crippen LogP contribution in [0.4, 0.5) is 17.5 Å². The monoisotopic (exact) mass is 463 g/mol. The molecule has 8 heteroatoms. The summed E-state index contributed by atoms with van der Waals surface area (Å²) in [6.07, 6.45) is 3.77. The van der Waals surface area contributed by atoms with E-state index in [4.69, 9.17) is 4.98 Å². The summed E-state index contributed by atoms with van der Waals surface area (Å²) in [4.78, 5) is 27.8. The van der Waals surface area contributed by atoms with Gasteiger partial charge in [0, 0.05) is 47.7 Å². The molecule has 6 rings (SSSR count). The number of hydrogen-bond donors (Lipinski definition) is 2. The van der Waals surface area contributed by atoms with E-state index in [1.807, 2.05) is 81.5 Å². The molecular weight excluding hydrogens is 438 g/mol. The Bertz CT molecular complexity index is 1610. The first-order valence-corrected chi connectivity index (χ1v) is 11.5. The van der Waals surface area contributed by atoms with Crippen molar-refractivity contribution < 1.29 is 4.79 Å². The minimum absolute atomic E-state index is 0.0390. The van der Waals surface area contributed by atoms with Gasteiger partial charge in [0.05, 0.1) is 23.4 Å². The van der Waals surface area contributed by atoms with Crippen LogP contribution in [-0.4, -0.2) is 30.6 Å². The number of hydrogen-bond acceptors (Lipinski definition) is 5. The molecule has 0 aliphatic carbocycles. The smallest absolute Gasteiger partial charge is 0.259 e. The first-order valence-electron chi connectivity index (χ1n) is 11.5. The lowest BCUT2D eigenvalue weighted by Crippen LogP contribution is -2.23. The van der Waals surface area contributed by atoms with Gasteiger partial charge in [-0.2, -0.15) is 5.10 Å². The van der Waals surface area contributed by atoms with E-state index in [1.54, 1.807) is 4.68 Å². The molecule has 35 heavy (non-hydrogen) atoms. The molecular formula is C27H25N7O. The van der Waals surface area contributed by atoms with Crippen LogP contribution >= 0.6 is 0 Å². The van der Waals surface area contributed by atoms with Gasteiger partial charge in [0.25, 0.3) is 5.91 Å². The molecule has 0 atom stereocenters. The molecule has 2 N–H and O–H groups in total. The molecule has 0 bridgehead atoms. The van der Waals surface area contributed by atoms with Crippen LogP contribution in [0.2, 0.25) is 0 Å². The molecule has 1 aliphatic heterocycles. The van der Waals surface area contributed by atoms with E-state index in [-0.39, 0.29) is 5.91 Å². The molecule has 2 aromatic carbocycles. The Morgan fingerprint density at radius 2 is 1.89 bits per heavy atom. The highest BCUT2D eigenvalue weighted by atomic mass is 16.2. The van der Waals surface area contributed by atoms with Gasteiger partial charge < -0.3 is 15.2 Å². The summed E-state index contributed by atoms with van der Waals surface area (Å²) < 4.78 is 1.80. The molecule has 0 spiro atoms. The van der Waals surface area contributed by atoms with E-state index >= 15 is 0 Å². The molecule has 0 radical (unpaired) electrons. The number of nitrogens with zero attached hydrogens (tertiary/aromatic N) is 5. The standard InChI is InChI=1S/C27H25N7O/c1-15-7-5-8-18-14-34(26(35)23(15)18)21-10-6-9-19-20(13-28-25(19)21)24-16(2)12-29-27(31-24)30-22-11-17(3)33(4)32-22/h5-13,28H,14H2,1-4H3,(H,29,30,31,32). The van der Waals surface area contributed by atoms with Crippen LogP contribution < -0.4 is 10.2 Å². The number of nitrogens with one attached hydrogen (secondary N) is 2. The molecule has 5 aromatic rings. The summed E-state index contributed by atoms with van der Waals surface area (Å²) in [7, 11) is 1.90. The topological polar surface area (TPSA) is 91.7 Å². The third-order valence-corrected chi connectivity index (χ3v) is 6.71. The minimum atomic E-state index is 0.0390. The maximum absolute atomic E-state index is 13.3. The van der Waals surface area contributed by atoms with Crippen molar-refractivity contribution in [3.8, 4) is 11.3 Å². The fourth-order valence-corrected chi connectivity index (χ4v) is 4.81. The SMILES string of the molecule is Cc1cnc(Nc2cc(C)n(C)n2)nc1-c1c[nH]c2c(N3Cc4cccc(C)c4C3=O)cccc12. The Morgan fingerprint density at radius 3 is 2.66 bits per heavy atom. The second-order valence-electron chi connectivity index (χ2n) is 9.05. The number of aromatic nitrogens is 5. The van der Waals surface area contributed by atoms with Gasteiger partial charge in [0.15, 0.2) is 5.82 Å². The van der Waals surface area contributed by atoms with Crippen molar-refractivity contribution >= 4 is 34.3 Å². The molecule has 4 heterocycles. The van der Waals surface area contributed by atoms with Crippen LogP contribution in [0, 0.1) is 20.8 Å². The zero-order valence-corrected chi connectivity index (χ0v) is 20.0. The molecule has 1 aliphatic rings. The number of fused-ring (bicyclic) bond motifs is 2. The Hall–Kier alpha value is -4.46. The van der Waals surface area contributed by atoms with Crippen LogP contribution in [0.1, 0.15) is 32.7 Å². The summed E-state index contributed by atoms with van der Waals surface area (Å²) in [6, 6.07) is 14.0. The van der Waals surface area contributed by atoms with Gasteiger partial charge in [0.1, 0.15) is 0 Å². The Labute approximate surface area is 202 Å². The molecule has 8 nitrogen and oxygen atoms in total. The lowest BCUT2D eigenvalue weighted by Gasteiger charge is -2.17. The molecule has 0 unspecified atom stereocenters. The van der Waals surface area contributed by atoms with E-state index in [9.17, 15) is 4.79 Å². The number of carbonyl (C=O) groups excluding carboxylic acids is 1. The predicted octanol–water partition coefficient (Wildman–Crippen LogP) is 5.19. The van der Waals surface area contributed by atoms with Crippen molar-refractivity contribution in [1.82, 2.24) is 24.7 Å². The maximum atomic E-state index is 13.3. The van der Waals surface area contributed by atoms with Crippen LogP contribution in [-0.2, 0) is 13.6 Å². The maximum Gasteiger partial charge on any atom is 0.259 e. The number of amides is 1. The average Bonchev–Trinajstić information content (AvgIpc) is 3.51. The molecule has 3 aromatic heterocycles. The van der Waals surface area contributed by atoms with Crippen LogP contribution in [0.25, 0.3) is 22.2 Å². The number of rotatable bonds is 4. The summed E-state index contributed by atoms with van der Waals surface area (Å²) in [5.74, 6) is 1.22. The number of benzene rings is 2. The van der Waals surface area contributed by atoms with Gasteiger partial charge in [-0.1, -0.05) is 30.3 Å². The normalized spacial score (nSPS) is 13.0. The van der Waals surface area contributed by atoms with Crippen LogP contribution in [0.15, 0.2) is 54.9 Å². The van der Waals surface area contributed by atoms with Crippen LogP contribution in [0.5, 0.6) is 0 Å². The quantitative estimate of drug-likeness (QED) is 0.383. The molecule has 1 amide bonds. The molecule has 0 fully saturated rings. The van der Waals surface area contributed by atoms with Gasteiger partial charge >= 0.3 is 0 Å². The minimum Gasteiger partial charge on any atom is -0.359 e. The van der Waals surface area contributed by atoms with Gasteiger partial charge in [-0.3, -0.25) is 9.48 Å². The van der Waals surface area contributed by atoms with Crippen molar-refractivity contribution in [1.29, 1.82) is 0 Å². The van der Waals surface area contributed by atoms with E-state index in [2.05, 4.69) is 26.4 Å². The summed E-state index contributed by atoms with van der Waals surface area (Å²) in [6.45, 7) is 6.54. The van der Waals surface area contributed by atoms with Crippen molar-refractivity contribution in [2.75, 3.05) is 10.2 Å². The van der Waals surface area contributed by atoms with Gasteiger partial charge in [-0.05, 0) is 43.5 Å². The predicted molar refractivity (Wildman–Crippen MR) is 137 cm³/mol. The second-order valence-corrected chi connectivity index (χ2v) is 9.05. The number of H-pyrrole nitrogens is 1. The molecule has 0 saturated heterocycles. The lowest BCUT2D eigenvalue weighted by molar-refractivity contribution is 0.0996. The molecule has 0 saturated carbocycles. The number of carbonyl (C=O) groups is 1. The Morgan fingerprint density at radius 1 is 1.06 bits per heavy atom. The van der Waals surface area contributed by atoms with Crippen molar-refractivity contribution in [3.05, 3.63) is 82.8 Å². The Kier molecular flexibility index (Phi) is 4.70. The average molecular weight is 464 g/mol. The first-order chi connectivity index (χ1) is 16.9. The highest BCUT2D eigenvalue weighted by Gasteiger charge is 2.31. The van der Waals surface area contributed by atoms with E-state index < -0.39 is 0 Å². The zero-order valence-electron chi connectivity index (χ0n) is 20.0. The Balaban J connectivity index is 1.40. The highest BCUT2D eigenvalue weighted by Crippen LogP contribution is 2.38. The van der Waals surface area contributed by atoms with Crippen molar-refractivity contribution in [2.24, 2.45) is 7.05 Å². The van der Waals surface area contributed by atoms with Gasteiger partial charge in [0.2, 0.25) is 5.95 Å².